The number of carbonyl (C=O) groups is 1. The molecule has 1 heterocycles. The Morgan fingerprint density at radius 2 is 2.15 bits per heavy atom. The summed E-state index contributed by atoms with van der Waals surface area (Å²) < 4.78 is 5.56. The van der Waals surface area contributed by atoms with Crippen molar-refractivity contribution >= 4 is 23.0 Å². The minimum absolute atomic E-state index is 0.145. The van der Waals surface area contributed by atoms with E-state index in [0.29, 0.717) is 17.1 Å². The fraction of sp³-hybridized carbons (Fsp3) is 0.231. The molecule has 7 nitrogen and oxygen atoms in total. The van der Waals surface area contributed by atoms with E-state index in [9.17, 15) is 4.79 Å². The Labute approximate surface area is 115 Å². The first-order valence-electron chi connectivity index (χ1n) is 5.79. The molecule has 1 N–H and O–H groups in total. The molecule has 1 atom stereocenters. The highest BCUT2D eigenvalue weighted by Gasteiger charge is 2.30. The zero-order valence-electron chi connectivity index (χ0n) is 10.9. The van der Waals surface area contributed by atoms with Gasteiger partial charge in [0.15, 0.2) is 11.9 Å². The van der Waals surface area contributed by atoms with E-state index in [-0.39, 0.29) is 11.6 Å². The number of nitrogens with one attached hydrogen (secondary N) is 1. The lowest BCUT2D eigenvalue weighted by Gasteiger charge is -2.31. The van der Waals surface area contributed by atoms with Crippen molar-refractivity contribution in [3.05, 3.63) is 18.2 Å². The number of hydrogen-bond acceptors (Lipinski definition) is 6. The number of hydrazone groups is 1. The summed E-state index contributed by atoms with van der Waals surface area (Å²) in [5.74, 6) is 0.314. The summed E-state index contributed by atoms with van der Waals surface area (Å²) in [4.78, 5) is 13.3. The van der Waals surface area contributed by atoms with Crippen molar-refractivity contribution in [3.63, 3.8) is 0 Å². The van der Waals surface area contributed by atoms with Crippen molar-refractivity contribution in [1.29, 1.82) is 10.5 Å². The standard InChI is InChI=1S/C13H11N5O2/c1-8-13(19)18(2)11-5-3-4-10(12(11)20-8)17-16-9(6-14)7-15/h3-5,8,17H,1-2H3. The first-order valence-corrected chi connectivity index (χ1v) is 5.79. The van der Waals surface area contributed by atoms with Gasteiger partial charge in [0, 0.05) is 7.05 Å². The molecule has 0 aromatic heterocycles. The van der Waals surface area contributed by atoms with Crippen LogP contribution in [0.5, 0.6) is 5.75 Å². The van der Waals surface area contributed by atoms with Gasteiger partial charge in [-0.1, -0.05) is 6.07 Å². The quantitative estimate of drug-likeness (QED) is 0.643. The number of nitriles is 2. The van der Waals surface area contributed by atoms with Crippen LogP contribution in [0.25, 0.3) is 0 Å². The minimum Gasteiger partial charge on any atom is -0.476 e. The third-order valence-corrected chi connectivity index (χ3v) is 2.83. The van der Waals surface area contributed by atoms with E-state index in [2.05, 4.69) is 10.5 Å². The average Bonchev–Trinajstić information content (AvgIpc) is 2.46. The Kier molecular flexibility index (Phi) is 3.54. The molecule has 1 aliphatic heterocycles. The topological polar surface area (TPSA) is 102 Å². The van der Waals surface area contributed by atoms with E-state index >= 15 is 0 Å². The Balaban J connectivity index is 2.40. The van der Waals surface area contributed by atoms with Gasteiger partial charge in [-0.3, -0.25) is 10.2 Å². The molecule has 2 rings (SSSR count). The number of amides is 1. The van der Waals surface area contributed by atoms with Crippen LogP contribution < -0.4 is 15.1 Å². The summed E-state index contributed by atoms with van der Waals surface area (Å²) in [7, 11) is 1.66. The molecule has 1 aliphatic rings. The number of anilines is 2. The van der Waals surface area contributed by atoms with Gasteiger partial charge in [0.05, 0.1) is 5.69 Å². The van der Waals surface area contributed by atoms with Crippen molar-refractivity contribution in [2.45, 2.75) is 13.0 Å². The van der Waals surface area contributed by atoms with Gasteiger partial charge in [-0.2, -0.15) is 15.6 Å². The SMILES string of the molecule is CC1Oc2c(NN=C(C#N)C#N)cccc2N(C)C1=O. The van der Waals surface area contributed by atoms with Gasteiger partial charge in [-0.15, -0.1) is 0 Å². The predicted octanol–water partition coefficient (Wildman–Crippen LogP) is 1.25. The smallest absolute Gasteiger partial charge is 0.267 e. The second-order valence-electron chi connectivity index (χ2n) is 4.11. The Hall–Kier alpha value is -3.06. The molecule has 7 heteroatoms. The van der Waals surface area contributed by atoms with Gasteiger partial charge in [0.25, 0.3) is 5.91 Å². The molecule has 0 radical (unpaired) electrons. The molecule has 0 saturated carbocycles. The van der Waals surface area contributed by atoms with Crippen LogP contribution in [0.3, 0.4) is 0 Å². The van der Waals surface area contributed by atoms with Crippen LogP contribution in [0.1, 0.15) is 6.92 Å². The maximum Gasteiger partial charge on any atom is 0.267 e. The first kappa shape index (κ1) is 13.4. The maximum absolute atomic E-state index is 11.8. The van der Waals surface area contributed by atoms with E-state index in [1.807, 2.05) is 0 Å². The van der Waals surface area contributed by atoms with Gasteiger partial charge >= 0.3 is 0 Å². The number of likely N-dealkylation sites (N-methyl/N-ethyl adjacent to an activating group) is 1. The van der Waals surface area contributed by atoms with Crippen LogP contribution in [-0.4, -0.2) is 24.8 Å². The largest absolute Gasteiger partial charge is 0.476 e. The molecule has 1 aromatic carbocycles. The summed E-state index contributed by atoms with van der Waals surface area (Å²) in [6.45, 7) is 1.65. The van der Waals surface area contributed by atoms with Crippen LogP contribution in [0, 0.1) is 22.7 Å². The Morgan fingerprint density at radius 3 is 2.80 bits per heavy atom. The molecule has 0 fully saturated rings. The summed E-state index contributed by atoms with van der Waals surface area (Å²) in [6.07, 6.45) is -0.606. The number of ether oxygens (including phenoxy) is 1. The Bertz CT molecular complexity index is 652. The fourth-order valence-corrected chi connectivity index (χ4v) is 1.81. The maximum atomic E-state index is 11.8. The molecular formula is C13H11N5O2. The second kappa shape index (κ2) is 5.29. The zero-order valence-corrected chi connectivity index (χ0v) is 10.9. The van der Waals surface area contributed by atoms with Crippen molar-refractivity contribution in [2.24, 2.45) is 5.10 Å². The summed E-state index contributed by atoms with van der Waals surface area (Å²) in [6, 6.07) is 8.44. The summed E-state index contributed by atoms with van der Waals surface area (Å²) in [5.41, 5.74) is 3.40. The number of para-hydroxylation sites is 1. The highest BCUT2D eigenvalue weighted by Crippen LogP contribution is 2.39. The summed E-state index contributed by atoms with van der Waals surface area (Å²) in [5, 5.41) is 20.9. The van der Waals surface area contributed by atoms with Crippen molar-refractivity contribution in [3.8, 4) is 17.9 Å². The number of benzene rings is 1. The number of carbonyl (C=O) groups excluding carboxylic acids is 1. The fourth-order valence-electron chi connectivity index (χ4n) is 1.81. The second-order valence-corrected chi connectivity index (χ2v) is 4.11. The van der Waals surface area contributed by atoms with Crippen LogP contribution in [0.4, 0.5) is 11.4 Å². The molecule has 100 valence electrons. The minimum atomic E-state index is -0.606. The van der Waals surface area contributed by atoms with E-state index in [1.54, 1.807) is 44.3 Å². The molecule has 1 amide bonds. The summed E-state index contributed by atoms with van der Waals surface area (Å²) >= 11 is 0. The van der Waals surface area contributed by atoms with E-state index in [0.717, 1.165) is 0 Å². The van der Waals surface area contributed by atoms with Crippen LogP contribution in [0.2, 0.25) is 0 Å². The molecule has 0 aliphatic carbocycles. The highest BCUT2D eigenvalue weighted by atomic mass is 16.5. The average molecular weight is 269 g/mol. The van der Waals surface area contributed by atoms with Gasteiger partial charge in [-0.05, 0) is 19.1 Å². The van der Waals surface area contributed by atoms with Crippen LogP contribution in [-0.2, 0) is 4.79 Å². The third kappa shape index (κ3) is 2.25. The zero-order chi connectivity index (χ0) is 14.7. The lowest BCUT2D eigenvalue weighted by molar-refractivity contribution is -0.125. The first-order chi connectivity index (χ1) is 9.58. The molecule has 1 unspecified atom stereocenters. The lowest BCUT2D eigenvalue weighted by Crippen LogP contribution is -2.42. The van der Waals surface area contributed by atoms with Crippen molar-refractivity contribution < 1.29 is 9.53 Å². The van der Waals surface area contributed by atoms with Crippen molar-refractivity contribution in [1.82, 2.24) is 0 Å². The van der Waals surface area contributed by atoms with Crippen LogP contribution >= 0.6 is 0 Å². The third-order valence-electron chi connectivity index (χ3n) is 2.83. The predicted molar refractivity (Wildman–Crippen MR) is 72.2 cm³/mol. The molecule has 0 bridgehead atoms. The lowest BCUT2D eigenvalue weighted by atomic mass is 10.2. The monoisotopic (exact) mass is 269 g/mol. The number of rotatable bonds is 2. The molecule has 1 aromatic rings. The van der Waals surface area contributed by atoms with Gasteiger partial charge in [-0.25, -0.2) is 0 Å². The number of fused-ring (bicyclic) bond motifs is 1. The number of hydrogen-bond donors (Lipinski definition) is 1. The van der Waals surface area contributed by atoms with E-state index in [1.165, 1.54) is 4.90 Å². The highest BCUT2D eigenvalue weighted by molar-refractivity contribution is 6.10. The van der Waals surface area contributed by atoms with Crippen molar-refractivity contribution in [2.75, 3.05) is 17.4 Å². The van der Waals surface area contributed by atoms with E-state index in [4.69, 9.17) is 15.3 Å². The van der Waals surface area contributed by atoms with Gasteiger partial charge < -0.3 is 9.64 Å². The number of nitrogens with zero attached hydrogens (tertiary/aromatic N) is 4. The van der Waals surface area contributed by atoms with Gasteiger partial charge in [0.1, 0.15) is 17.8 Å². The van der Waals surface area contributed by atoms with E-state index < -0.39 is 6.10 Å². The van der Waals surface area contributed by atoms with Gasteiger partial charge in [0.2, 0.25) is 5.71 Å². The normalized spacial score (nSPS) is 16.3. The Morgan fingerprint density at radius 1 is 1.45 bits per heavy atom. The molecular weight excluding hydrogens is 258 g/mol. The molecule has 0 saturated heterocycles. The molecule has 20 heavy (non-hydrogen) atoms. The molecule has 0 spiro atoms. The van der Waals surface area contributed by atoms with Crippen LogP contribution in [0.15, 0.2) is 23.3 Å².